The Morgan fingerprint density at radius 2 is 1.47 bits per heavy atom. The van der Waals surface area contributed by atoms with Gasteiger partial charge in [-0.2, -0.15) is 0 Å². The number of hydrogen-bond acceptors (Lipinski definition) is 4. The largest absolute Gasteiger partial charge is 0.357 e. The van der Waals surface area contributed by atoms with Crippen LogP contribution < -0.4 is 9.62 Å². The second-order valence-electron chi connectivity index (χ2n) is 7.93. The van der Waals surface area contributed by atoms with Crippen molar-refractivity contribution >= 4 is 50.7 Å². The Hall–Kier alpha value is -3.07. The van der Waals surface area contributed by atoms with Crippen molar-refractivity contribution in [2.75, 3.05) is 17.9 Å². The van der Waals surface area contributed by atoms with E-state index in [9.17, 15) is 18.0 Å². The Kier molecular flexibility index (Phi) is 9.37. The summed E-state index contributed by atoms with van der Waals surface area (Å²) in [5.41, 5.74) is 0.784. The average Bonchev–Trinajstić information content (AvgIpc) is 2.88. The average molecular weight is 548 g/mol. The lowest BCUT2D eigenvalue weighted by Crippen LogP contribution is -2.51. The summed E-state index contributed by atoms with van der Waals surface area (Å²) in [7, 11) is -2.68. The minimum absolute atomic E-state index is 0.00807. The number of benzene rings is 3. The van der Waals surface area contributed by atoms with Gasteiger partial charge in [-0.1, -0.05) is 78.7 Å². The quantitative estimate of drug-likeness (QED) is 0.397. The maximum absolute atomic E-state index is 13.8. The second-order valence-corrected chi connectivity index (χ2v) is 10.6. The van der Waals surface area contributed by atoms with E-state index in [1.54, 1.807) is 67.6 Å². The van der Waals surface area contributed by atoms with Crippen LogP contribution in [0.25, 0.3) is 0 Å². The van der Waals surface area contributed by atoms with Gasteiger partial charge in [-0.15, -0.1) is 0 Å². The first-order valence-electron chi connectivity index (χ1n) is 11.3. The number of likely N-dealkylation sites (N-methyl/N-ethyl adjacent to an activating group) is 1. The van der Waals surface area contributed by atoms with Crippen molar-refractivity contribution < 1.29 is 18.0 Å². The highest BCUT2D eigenvalue weighted by molar-refractivity contribution is 7.92. The van der Waals surface area contributed by atoms with E-state index in [1.165, 1.54) is 30.1 Å². The Bertz CT molecular complexity index is 1320. The van der Waals surface area contributed by atoms with Crippen LogP contribution >= 0.6 is 23.2 Å². The van der Waals surface area contributed by atoms with Gasteiger partial charge in [-0.25, -0.2) is 8.42 Å². The van der Waals surface area contributed by atoms with E-state index >= 15 is 0 Å². The smallest absolute Gasteiger partial charge is 0.264 e. The number of amides is 2. The molecule has 2 amide bonds. The molecule has 7 nitrogen and oxygen atoms in total. The number of sulfonamides is 1. The van der Waals surface area contributed by atoms with Gasteiger partial charge in [-0.05, 0) is 42.3 Å². The predicted molar refractivity (Wildman–Crippen MR) is 143 cm³/mol. The zero-order valence-electron chi connectivity index (χ0n) is 19.9. The third-order valence-electron chi connectivity index (χ3n) is 5.66. The van der Waals surface area contributed by atoms with E-state index in [4.69, 9.17) is 23.2 Å². The molecule has 0 spiro atoms. The number of para-hydroxylation sites is 1. The molecular formula is C26H27Cl2N3O4S. The highest BCUT2D eigenvalue weighted by Crippen LogP contribution is 2.31. The van der Waals surface area contributed by atoms with Gasteiger partial charge < -0.3 is 10.2 Å². The second kappa shape index (κ2) is 12.3. The number of nitrogens with one attached hydrogen (secondary N) is 1. The van der Waals surface area contributed by atoms with Crippen LogP contribution in [0, 0.1) is 0 Å². The fraction of sp³-hybridized carbons (Fsp3) is 0.231. The molecule has 3 aromatic rings. The monoisotopic (exact) mass is 547 g/mol. The summed E-state index contributed by atoms with van der Waals surface area (Å²) in [6.07, 6.45) is 0.313. The van der Waals surface area contributed by atoms with Gasteiger partial charge in [0.15, 0.2) is 0 Å². The molecule has 36 heavy (non-hydrogen) atoms. The van der Waals surface area contributed by atoms with Crippen LogP contribution in [0.2, 0.25) is 10.0 Å². The molecule has 0 saturated heterocycles. The number of anilines is 1. The summed E-state index contributed by atoms with van der Waals surface area (Å²) in [6.45, 7) is 1.23. The van der Waals surface area contributed by atoms with Crippen LogP contribution in [0.15, 0.2) is 83.8 Å². The van der Waals surface area contributed by atoms with Crippen LogP contribution in [0.4, 0.5) is 5.69 Å². The molecule has 3 rings (SSSR count). The van der Waals surface area contributed by atoms with E-state index in [-0.39, 0.29) is 28.1 Å². The molecule has 0 aliphatic rings. The van der Waals surface area contributed by atoms with Crippen molar-refractivity contribution in [3.63, 3.8) is 0 Å². The molecule has 0 fully saturated rings. The SMILES string of the molecule is CC[C@H](C(=O)NC)N(Cc1ccccc1Cl)C(=O)CN(c1ccccc1Cl)S(=O)(=O)c1ccccc1. The van der Waals surface area contributed by atoms with Gasteiger partial charge in [0, 0.05) is 18.6 Å². The number of carbonyl (C=O) groups excluding carboxylic acids is 2. The minimum atomic E-state index is -4.17. The van der Waals surface area contributed by atoms with Crippen molar-refractivity contribution in [1.82, 2.24) is 10.2 Å². The zero-order chi connectivity index (χ0) is 26.3. The van der Waals surface area contributed by atoms with E-state index in [1.807, 2.05) is 0 Å². The number of halogens is 2. The first-order valence-corrected chi connectivity index (χ1v) is 13.5. The summed E-state index contributed by atoms with van der Waals surface area (Å²) in [6, 6.07) is 20.3. The first-order chi connectivity index (χ1) is 17.2. The molecule has 0 aromatic heterocycles. The standard InChI is InChI=1S/C26H27Cl2N3O4S/c1-3-23(26(33)29-2)30(17-19-11-7-8-14-21(19)27)25(32)18-31(24-16-10-9-15-22(24)28)36(34,35)20-12-5-4-6-13-20/h4-16,23H,3,17-18H2,1-2H3,(H,29,33)/t23-/m1/s1. The number of hydrogen-bond donors (Lipinski definition) is 1. The van der Waals surface area contributed by atoms with Gasteiger partial charge in [0.25, 0.3) is 10.0 Å². The van der Waals surface area contributed by atoms with Gasteiger partial charge in [0.1, 0.15) is 12.6 Å². The lowest BCUT2D eigenvalue weighted by atomic mass is 10.1. The molecule has 0 heterocycles. The van der Waals surface area contributed by atoms with E-state index in [0.717, 1.165) is 4.31 Å². The molecule has 0 aliphatic heterocycles. The maximum Gasteiger partial charge on any atom is 0.264 e. The fourth-order valence-electron chi connectivity index (χ4n) is 3.78. The Morgan fingerprint density at radius 3 is 2.06 bits per heavy atom. The van der Waals surface area contributed by atoms with Gasteiger partial charge >= 0.3 is 0 Å². The fourth-order valence-corrected chi connectivity index (χ4v) is 5.72. The molecule has 0 saturated carbocycles. The molecular weight excluding hydrogens is 521 g/mol. The number of carbonyl (C=O) groups is 2. The van der Waals surface area contributed by atoms with Gasteiger partial charge in [0.05, 0.1) is 15.6 Å². The van der Waals surface area contributed by atoms with Crippen LogP contribution in [0.3, 0.4) is 0 Å². The highest BCUT2D eigenvalue weighted by Gasteiger charge is 2.34. The third-order valence-corrected chi connectivity index (χ3v) is 8.12. The van der Waals surface area contributed by atoms with Crippen LogP contribution in [-0.4, -0.2) is 44.8 Å². The van der Waals surface area contributed by atoms with E-state index in [0.29, 0.717) is 17.0 Å². The van der Waals surface area contributed by atoms with Crippen LogP contribution in [-0.2, 0) is 26.2 Å². The molecule has 0 unspecified atom stereocenters. The summed E-state index contributed by atoms with van der Waals surface area (Å²) >= 11 is 12.7. The Balaban J connectivity index is 2.08. The van der Waals surface area contributed by atoms with Crippen molar-refractivity contribution in [1.29, 1.82) is 0 Å². The lowest BCUT2D eigenvalue weighted by Gasteiger charge is -2.33. The Labute approximate surface area is 221 Å². The minimum Gasteiger partial charge on any atom is -0.357 e. The van der Waals surface area contributed by atoms with Gasteiger partial charge in [-0.3, -0.25) is 13.9 Å². The van der Waals surface area contributed by atoms with E-state index in [2.05, 4.69) is 5.32 Å². The third kappa shape index (κ3) is 6.19. The topological polar surface area (TPSA) is 86.8 Å². The molecule has 3 aromatic carbocycles. The summed E-state index contributed by atoms with van der Waals surface area (Å²) in [5, 5.41) is 3.18. The number of nitrogens with zero attached hydrogens (tertiary/aromatic N) is 2. The molecule has 1 atom stereocenters. The summed E-state index contributed by atoms with van der Waals surface area (Å²) in [5.74, 6) is -0.946. The van der Waals surface area contributed by atoms with Crippen LogP contribution in [0.1, 0.15) is 18.9 Å². The number of rotatable bonds is 10. The van der Waals surface area contributed by atoms with Crippen molar-refractivity contribution in [3.8, 4) is 0 Å². The first kappa shape index (κ1) is 27.5. The molecule has 0 bridgehead atoms. The predicted octanol–water partition coefficient (Wildman–Crippen LogP) is 4.74. The maximum atomic E-state index is 13.8. The molecule has 0 radical (unpaired) electrons. The highest BCUT2D eigenvalue weighted by atomic mass is 35.5. The Morgan fingerprint density at radius 1 is 0.889 bits per heavy atom. The summed E-state index contributed by atoms with van der Waals surface area (Å²) < 4.78 is 28.3. The lowest BCUT2D eigenvalue weighted by molar-refractivity contribution is -0.140. The van der Waals surface area contributed by atoms with Crippen molar-refractivity contribution in [3.05, 3.63) is 94.5 Å². The zero-order valence-corrected chi connectivity index (χ0v) is 22.2. The summed E-state index contributed by atoms with van der Waals surface area (Å²) in [4.78, 5) is 27.9. The van der Waals surface area contributed by atoms with Crippen molar-refractivity contribution in [2.24, 2.45) is 0 Å². The van der Waals surface area contributed by atoms with E-state index < -0.39 is 28.5 Å². The molecule has 10 heteroatoms. The van der Waals surface area contributed by atoms with Gasteiger partial charge in [0.2, 0.25) is 11.8 Å². The molecule has 1 N–H and O–H groups in total. The normalized spacial score (nSPS) is 12.0. The molecule has 0 aliphatic carbocycles. The molecule has 190 valence electrons. The van der Waals surface area contributed by atoms with Crippen molar-refractivity contribution in [2.45, 2.75) is 30.8 Å². The van der Waals surface area contributed by atoms with Crippen LogP contribution in [0.5, 0.6) is 0 Å².